The van der Waals surface area contributed by atoms with Crippen LogP contribution < -0.4 is 10.2 Å². The second-order valence-corrected chi connectivity index (χ2v) is 8.81. The number of quaternary nitrogens is 1. The van der Waals surface area contributed by atoms with Crippen molar-refractivity contribution >= 4 is 22.4 Å². The fraction of sp³-hybridized carbons (Fsp3) is 0.647. The first-order valence-corrected chi connectivity index (χ1v) is 9.96. The molecule has 5 rings (SSSR count). The third kappa shape index (κ3) is 3.51. The van der Waals surface area contributed by atoms with Gasteiger partial charge in [-0.05, 0) is 19.8 Å². The predicted octanol–water partition coefficient (Wildman–Crippen LogP) is -0.106. The fourth-order valence-corrected chi connectivity index (χ4v) is 4.73. The van der Waals surface area contributed by atoms with Gasteiger partial charge in [0.1, 0.15) is 17.3 Å². The second-order valence-electron chi connectivity index (χ2n) is 7.91. The van der Waals surface area contributed by atoms with Crippen molar-refractivity contribution in [2.24, 2.45) is 11.8 Å². The van der Waals surface area contributed by atoms with Crippen molar-refractivity contribution in [3.8, 4) is 0 Å². The third-order valence-corrected chi connectivity index (χ3v) is 6.31. The van der Waals surface area contributed by atoms with Crippen LogP contribution in [0.2, 0.25) is 0 Å². The SMILES string of the molecule is CC(C)(O)c1cn(C[C@H]2C[C@@H]3CC[NH+]2C[C@@H]3C(=O)Nc2nccs2)nn1. The Kier molecular flexibility index (Phi) is 4.54. The average molecular weight is 377 g/mol. The number of hydrogen-bond donors (Lipinski definition) is 3. The lowest BCUT2D eigenvalue weighted by atomic mass is 9.75. The number of aliphatic hydroxyl groups is 1. The Morgan fingerprint density at radius 1 is 1.54 bits per heavy atom. The lowest BCUT2D eigenvalue weighted by molar-refractivity contribution is -0.945. The molecule has 0 aromatic carbocycles. The van der Waals surface area contributed by atoms with E-state index < -0.39 is 5.60 Å². The summed E-state index contributed by atoms with van der Waals surface area (Å²) >= 11 is 1.45. The van der Waals surface area contributed by atoms with Crippen LogP contribution in [-0.2, 0) is 16.9 Å². The van der Waals surface area contributed by atoms with E-state index in [-0.39, 0.29) is 11.8 Å². The lowest BCUT2D eigenvalue weighted by Gasteiger charge is -2.46. The number of aromatic nitrogens is 4. The molecule has 26 heavy (non-hydrogen) atoms. The molecule has 2 bridgehead atoms. The van der Waals surface area contributed by atoms with E-state index in [1.807, 2.05) is 16.3 Å². The Balaban J connectivity index is 1.39. The third-order valence-electron chi connectivity index (χ3n) is 5.62. The van der Waals surface area contributed by atoms with E-state index >= 15 is 0 Å². The average Bonchev–Trinajstić information content (AvgIpc) is 3.27. The van der Waals surface area contributed by atoms with Gasteiger partial charge in [-0.2, -0.15) is 0 Å². The van der Waals surface area contributed by atoms with E-state index in [0.29, 0.717) is 22.8 Å². The number of nitrogens with zero attached hydrogens (tertiary/aromatic N) is 4. The van der Waals surface area contributed by atoms with E-state index in [2.05, 4.69) is 20.6 Å². The van der Waals surface area contributed by atoms with Crippen LogP contribution in [0.5, 0.6) is 0 Å². The summed E-state index contributed by atoms with van der Waals surface area (Å²) in [6, 6.07) is 0.439. The molecule has 0 aliphatic carbocycles. The summed E-state index contributed by atoms with van der Waals surface area (Å²) in [7, 11) is 0. The number of carbonyl (C=O) groups excluding carboxylic acids is 1. The Bertz CT molecular complexity index is 769. The molecule has 8 nitrogen and oxygen atoms in total. The Labute approximate surface area is 156 Å². The minimum atomic E-state index is -0.976. The molecule has 4 atom stereocenters. The highest BCUT2D eigenvalue weighted by Gasteiger charge is 2.46. The van der Waals surface area contributed by atoms with Crippen LogP contribution in [0.25, 0.3) is 0 Å². The molecule has 5 heterocycles. The molecule has 2 aromatic heterocycles. The summed E-state index contributed by atoms with van der Waals surface area (Å²) in [5.74, 6) is 0.571. The maximum absolute atomic E-state index is 12.6. The number of amides is 1. The van der Waals surface area contributed by atoms with Crippen molar-refractivity contribution in [1.29, 1.82) is 0 Å². The van der Waals surface area contributed by atoms with Crippen LogP contribution in [0.4, 0.5) is 5.13 Å². The van der Waals surface area contributed by atoms with Crippen molar-refractivity contribution < 1.29 is 14.8 Å². The summed E-state index contributed by atoms with van der Waals surface area (Å²) in [5.41, 5.74) is -0.389. The molecular weight excluding hydrogens is 352 g/mol. The Morgan fingerprint density at radius 2 is 2.38 bits per heavy atom. The number of piperidine rings is 3. The first kappa shape index (κ1) is 17.6. The summed E-state index contributed by atoms with van der Waals surface area (Å²) in [4.78, 5) is 18.2. The number of fused-ring (bicyclic) bond motifs is 3. The summed E-state index contributed by atoms with van der Waals surface area (Å²) < 4.78 is 1.83. The number of anilines is 1. The van der Waals surface area contributed by atoms with Crippen LogP contribution in [0, 0.1) is 11.8 Å². The number of carbonyl (C=O) groups is 1. The zero-order valence-electron chi connectivity index (χ0n) is 15.1. The zero-order chi connectivity index (χ0) is 18.3. The molecule has 3 N–H and O–H groups in total. The van der Waals surface area contributed by atoms with E-state index in [0.717, 1.165) is 32.5 Å². The molecule has 3 aliphatic rings. The first-order valence-electron chi connectivity index (χ1n) is 9.08. The maximum Gasteiger partial charge on any atom is 0.235 e. The Hall–Kier alpha value is -1.84. The van der Waals surface area contributed by atoms with Crippen LogP contribution >= 0.6 is 11.3 Å². The van der Waals surface area contributed by atoms with Crippen molar-refractivity contribution in [3.63, 3.8) is 0 Å². The van der Waals surface area contributed by atoms with Crippen LogP contribution in [0.3, 0.4) is 0 Å². The molecule has 140 valence electrons. The zero-order valence-corrected chi connectivity index (χ0v) is 15.9. The fourth-order valence-electron chi connectivity index (χ4n) is 4.20. The highest BCUT2D eigenvalue weighted by Crippen LogP contribution is 2.29. The topological polar surface area (TPSA) is 97.4 Å². The normalized spacial score (nSPS) is 28.3. The van der Waals surface area contributed by atoms with Crippen LogP contribution in [-0.4, -0.2) is 50.1 Å². The van der Waals surface area contributed by atoms with Gasteiger partial charge in [-0.15, -0.1) is 16.4 Å². The minimum absolute atomic E-state index is 0.0570. The predicted molar refractivity (Wildman–Crippen MR) is 96.7 cm³/mol. The monoisotopic (exact) mass is 377 g/mol. The van der Waals surface area contributed by atoms with Gasteiger partial charge < -0.3 is 15.3 Å². The van der Waals surface area contributed by atoms with Gasteiger partial charge in [0.2, 0.25) is 5.91 Å². The molecule has 3 fully saturated rings. The van der Waals surface area contributed by atoms with Crippen molar-refractivity contribution in [1.82, 2.24) is 20.0 Å². The van der Waals surface area contributed by atoms with Crippen molar-refractivity contribution in [3.05, 3.63) is 23.5 Å². The van der Waals surface area contributed by atoms with Gasteiger partial charge in [0.15, 0.2) is 5.13 Å². The van der Waals surface area contributed by atoms with Gasteiger partial charge in [-0.25, -0.2) is 9.67 Å². The van der Waals surface area contributed by atoms with E-state index in [1.54, 1.807) is 20.0 Å². The first-order chi connectivity index (χ1) is 12.4. The van der Waals surface area contributed by atoms with Gasteiger partial charge in [0.25, 0.3) is 0 Å². The molecule has 1 unspecified atom stereocenters. The highest BCUT2D eigenvalue weighted by molar-refractivity contribution is 7.13. The quantitative estimate of drug-likeness (QED) is 0.676. The molecular formula is C17H25N6O2S+. The number of rotatable bonds is 5. The minimum Gasteiger partial charge on any atom is -0.384 e. The van der Waals surface area contributed by atoms with E-state index in [1.165, 1.54) is 16.2 Å². The standard InChI is InChI=1S/C17H24N6O2S/c1-17(2,25)14-10-23(21-20-14)8-12-7-11-3-5-22(12)9-13(11)15(24)19-16-18-4-6-26-16/h4,6,10-13,25H,3,5,7-9H2,1-2H3,(H,18,19,24)/p+1/t11-,12+,13-/m0/s1. The molecule has 1 amide bonds. The van der Waals surface area contributed by atoms with Crippen molar-refractivity contribution in [2.45, 2.75) is 44.9 Å². The van der Waals surface area contributed by atoms with E-state index in [9.17, 15) is 9.90 Å². The van der Waals surface area contributed by atoms with Crippen molar-refractivity contribution in [2.75, 3.05) is 18.4 Å². The van der Waals surface area contributed by atoms with Gasteiger partial charge >= 0.3 is 0 Å². The number of hydrogen-bond acceptors (Lipinski definition) is 6. The molecule has 9 heteroatoms. The summed E-state index contributed by atoms with van der Waals surface area (Å²) in [6.07, 6.45) is 5.64. The van der Waals surface area contributed by atoms with Crippen LogP contribution in [0.1, 0.15) is 32.4 Å². The van der Waals surface area contributed by atoms with Gasteiger partial charge in [-0.3, -0.25) is 4.79 Å². The molecule has 0 spiro atoms. The maximum atomic E-state index is 12.6. The molecule has 3 saturated heterocycles. The molecule has 2 aromatic rings. The summed E-state index contributed by atoms with van der Waals surface area (Å²) in [5, 5.41) is 23.8. The smallest absolute Gasteiger partial charge is 0.235 e. The molecule has 3 aliphatic heterocycles. The van der Waals surface area contributed by atoms with Gasteiger partial charge in [0, 0.05) is 24.4 Å². The second kappa shape index (κ2) is 6.71. The molecule has 0 radical (unpaired) electrons. The van der Waals surface area contributed by atoms with Gasteiger partial charge in [0.05, 0.1) is 31.7 Å². The number of nitrogens with one attached hydrogen (secondary N) is 2. The molecule has 0 saturated carbocycles. The Morgan fingerprint density at radius 3 is 3.00 bits per heavy atom. The number of thiazole rings is 1. The van der Waals surface area contributed by atoms with E-state index in [4.69, 9.17) is 0 Å². The van der Waals surface area contributed by atoms with Gasteiger partial charge in [-0.1, -0.05) is 5.21 Å². The summed E-state index contributed by atoms with van der Waals surface area (Å²) in [6.45, 7) is 6.16. The lowest BCUT2D eigenvalue weighted by Crippen LogP contribution is -3.20. The highest BCUT2D eigenvalue weighted by atomic mass is 32.1. The largest absolute Gasteiger partial charge is 0.384 e. The van der Waals surface area contributed by atoms with Crippen LogP contribution in [0.15, 0.2) is 17.8 Å².